The molecule has 4 rings (SSSR count). The SMILES string of the molecule is O=C(NCCC1CC2C=CC1C2)C1CCN(C(=O)C2CCCC2)CC1. The Morgan fingerprint density at radius 2 is 1.72 bits per heavy atom. The van der Waals surface area contributed by atoms with Crippen molar-refractivity contribution in [2.75, 3.05) is 19.6 Å². The van der Waals surface area contributed by atoms with E-state index < -0.39 is 0 Å². The van der Waals surface area contributed by atoms with Crippen LogP contribution in [0.1, 0.15) is 57.8 Å². The van der Waals surface area contributed by atoms with Gasteiger partial charge in [0, 0.05) is 31.5 Å². The van der Waals surface area contributed by atoms with Crippen molar-refractivity contribution in [2.45, 2.75) is 57.8 Å². The number of nitrogens with one attached hydrogen (secondary N) is 1. The Morgan fingerprint density at radius 3 is 2.36 bits per heavy atom. The lowest BCUT2D eigenvalue weighted by atomic mass is 9.90. The number of carbonyl (C=O) groups excluding carboxylic acids is 2. The number of likely N-dealkylation sites (tertiary alicyclic amines) is 1. The summed E-state index contributed by atoms with van der Waals surface area (Å²) in [4.78, 5) is 26.9. The zero-order valence-electron chi connectivity index (χ0n) is 15.3. The van der Waals surface area contributed by atoms with E-state index in [1.54, 1.807) is 0 Å². The molecule has 2 saturated carbocycles. The Hall–Kier alpha value is -1.32. The molecule has 3 fully saturated rings. The van der Waals surface area contributed by atoms with Crippen molar-refractivity contribution in [3.8, 4) is 0 Å². The van der Waals surface area contributed by atoms with Crippen molar-refractivity contribution in [3.63, 3.8) is 0 Å². The standard InChI is InChI=1S/C21H32N2O2/c24-20(22-10-7-19-14-15-5-6-18(19)13-15)16-8-11-23(12-9-16)21(25)17-3-1-2-4-17/h5-6,15-19H,1-4,7-14H2,(H,22,24). The van der Waals surface area contributed by atoms with Gasteiger partial charge in [-0.05, 0) is 62.7 Å². The zero-order chi connectivity index (χ0) is 17.2. The van der Waals surface area contributed by atoms with Gasteiger partial charge < -0.3 is 10.2 Å². The summed E-state index contributed by atoms with van der Waals surface area (Å²) in [6.45, 7) is 2.36. The van der Waals surface area contributed by atoms with Gasteiger partial charge in [0.05, 0.1) is 0 Å². The van der Waals surface area contributed by atoms with Crippen LogP contribution in [-0.2, 0) is 9.59 Å². The van der Waals surface area contributed by atoms with Gasteiger partial charge in [0.1, 0.15) is 0 Å². The van der Waals surface area contributed by atoms with Crippen molar-refractivity contribution in [2.24, 2.45) is 29.6 Å². The van der Waals surface area contributed by atoms with E-state index in [4.69, 9.17) is 0 Å². The second-order valence-electron chi connectivity index (χ2n) is 8.70. The molecular formula is C21H32N2O2. The first-order chi connectivity index (χ1) is 12.2. The van der Waals surface area contributed by atoms with Crippen LogP contribution in [0.15, 0.2) is 12.2 Å². The fourth-order valence-corrected chi connectivity index (χ4v) is 5.54. The van der Waals surface area contributed by atoms with Gasteiger partial charge in [-0.3, -0.25) is 9.59 Å². The third-order valence-corrected chi connectivity index (χ3v) is 7.11. The number of carbonyl (C=O) groups is 2. The molecule has 0 spiro atoms. The Kier molecular flexibility index (Phi) is 5.14. The van der Waals surface area contributed by atoms with Crippen LogP contribution >= 0.6 is 0 Å². The summed E-state index contributed by atoms with van der Waals surface area (Å²) in [7, 11) is 0. The van der Waals surface area contributed by atoms with Gasteiger partial charge in [-0.25, -0.2) is 0 Å². The van der Waals surface area contributed by atoms with Crippen molar-refractivity contribution in [1.82, 2.24) is 10.2 Å². The lowest BCUT2D eigenvalue weighted by Gasteiger charge is -2.33. The molecule has 4 heteroatoms. The summed E-state index contributed by atoms with van der Waals surface area (Å²) in [6.07, 6.45) is 14.7. The Bertz CT molecular complexity index is 530. The number of allylic oxidation sites excluding steroid dienone is 2. The third-order valence-electron chi connectivity index (χ3n) is 7.11. The number of rotatable bonds is 5. The van der Waals surface area contributed by atoms with E-state index in [-0.39, 0.29) is 17.7 Å². The number of hydrogen-bond acceptors (Lipinski definition) is 2. The van der Waals surface area contributed by atoms with E-state index in [1.165, 1.54) is 25.7 Å². The summed E-state index contributed by atoms with van der Waals surface area (Å²) in [6, 6.07) is 0. The van der Waals surface area contributed by atoms with Gasteiger partial charge in [-0.1, -0.05) is 25.0 Å². The van der Waals surface area contributed by atoms with Crippen molar-refractivity contribution in [3.05, 3.63) is 12.2 Å². The maximum Gasteiger partial charge on any atom is 0.225 e. The minimum atomic E-state index is 0.104. The average Bonchev–Trinajstić information content (AvgIpc) is 3.39. The monoisotopic (exact) mass is 344 g/mol. The van der Waals surface area contributed by atoms with Crippen LogP contribution in [0, 0.1) is 29.6 Å². The normalized spacial score (nSPS) is 32.5. The molecule has 4 nitrogen and oxygen atoms in total. The number of piperidine rings is 1. The highest BCUT2D eigenvalue weighted by Gasteiger charge is 2.35. The third kappa shape index (κ3) is 3.78. The van der Waals surface area contributed by atoms with Crippen LogP contribution in [0.2, 0.25) is 0 Å². The first-order valence-corrected chi connectivity index (χ1v) is 10.5. The molecule has 3 unspecified atom stereocenters. The summed E-state index contributed by atoms with van der Waals surface area (Å²) >= 11 is 0. The van der Waals surface area contributed by atoms with Crippen LogP contribution in [0.5, 0.6) is 0 Å². The van der Waals surface area contributed by atoms with Gasteiger partial charge in [0.25, 0.3) is 0 Å². The minimum Gasteiger partial charge on any atom is -0.356 e. The van der Waals surface area contributed by atoms with E-state index >= 15 is 0 Å². The molecule has 25 heavy (non-hydrogen) atoms. The molecule has 3 atom stereocenters. The van der Waals surface area contributed by atoms with E-state index in [0.29, 0.717) is 5.91 Å². The van der Waals surface area contributed by atoms with E-state index in [2.05, 4.69) is 17.5 Å². The van der Waals surface area contributed by atoms with E-state index in [9.17, 15) is 9.59 Å². The van der Waals surface area contributed by atoms with Crippen molar-refractivity contribution >= 4 is 11.8 Å². The maximum atomic E-state index is 12.5. The van der Waals surface area contributed by atoms with E-state index in [1.807, 2.05) is 4.90 Å². The number of nitrogens with zero attached hydrogens (tertiary/aromatic N) is 1. The lowest BCUT2D eigenvalue weighted by molar-refractivity contribution is -0.139. The molecule has 4 aliphatic rings. The molecule has 3 aliphatic carbocycles. The van der Waals surface area contributed by atoms with Gasteiger partial charge in [-0.2, -0.15) is 0 Å². The van der Waals surface area contributed by atoms with Gasteiger partial charge >= 0.3 is 0 Å². The molecule has 138 valence electrons. The van der Waals surface area contributed by atoms with E-state index in [0.717, 1.165) is 69.5 Å². The second-order valence-corrected chi connectivity index (χ2v) is 8.70. The summed E-state index contributed by atoms with van der Waals surface area (Å²) < 4.78 is 0. The summed E-state index contributed by atoms with van der Waals surface area (Å²) in [5.41, 5.74) is 0. The summed E-state index contributed by atoms with van der Waals surface area (Å²) in [5, 5.41) is 3.17. The fraction of sp³-hybridized carbons (Fsp3) is 0.810. The molecule has 2 amide bonds. The predicted octanol–water partition coefficient (Wildman–Crippen LogP) is 3.13. The van der Waals surface area contributed by atoms with Crippen molar-refractivity contribution < 1.29 is 9.59 Å². The maximum absolute atomic E-state index is 12.5. The number of hydrogen-bond donors (Lipinski definition) is 1. The minimum absolute atomic E-state index is 0.104. The molecule has 2 bridgehead atoms. The molecule has 0 aromatic carbocycles. The molecule has 1 N–H and O–H groups in total. The highest BCUT2D eigenvalue weighted by molar-refractivity contribution is 5.81. The van der Waals surface area contributed by atoms with Crippen LogP contribution in [-0.4, -0.2) is 36.3 Å². The number of fused-ring (bicyclic) bond motifs is 2. The molecule has 0 aromatic rings. The van der Waals surface area contributed by atoms with Gasteiger partial charge in [0.2, 0.25) is 11.8 Å². The molecule has 1 aliphatic heterocycles. The Morgan fingerprint density at radius 1 is 0.960 bits per heavy atom. The molecule has 1 saturated heterocycles. The van der Waals surface area contributed by atoms with Crippen LogP contribution in [0.25, 0.3) is 0 Å². The number of amides is 2. The largest absolute Gasteiger partial charge is 0.356 e. The molecule has 1 heterocycles. The second kappa shape index (κ2) is 7.51. The smallest absolute Gasteiger partial charge is 0.225 e. The first-order valence-electron chi connectivity index (χ1n) is 10.5. The molecule has 0 aromatic heterocycles. The van der Waals surface area contributed by atoms with Crippen LogP contribution < -0.4 is 5.32 Å². The predicted molar refractivity (Wildman–Crippen MR) is 97.7 cm³/mol. The topological polar surface area (TPSA) is 49.4 Å². The first kappa shape index (κ1) is 17.1. The Balaban J connectivity index is 1.15. The molecular weight excluding hydrogens is 312 g/mol. The highest BCUT2D eigenvalue weighted by atomic mass is 16.2. The fourth-order valence-electron chi connectivity index (χ4n) is 5.54. The average molecular weight is 344 g/mol. The molecule has 0 radical (unpaired) electrons. The lowest BCUT2D eigenvalue weighted by Crippen LogP contribution is -2.45. The summed E-state index contributed by atoms with van der Waals surface area (Å²) in [5.74, 6) is 3.29. The van der Waals surface area contributed by atoms with Gasteiger partial charge in [-0.15, -0.1) is 0 Å². The Labute approximate surface area is 151 Å². The quantitative estimate of drug-likeness (QED) is 0.779. The zero-order valence-corrected chi connectivity index (χ0v) is 15.3. The van der Waals surface area contributed by atoms with Crippen LogP contribution in [0.4, 0.5) is 0 Å². The van der Waals surface area contributed by atoms with Crippen LogP contribution in [0.3, 0.4) is 0 Å². The highest BCUT2D eigenvalue weighted by Crippen LogP contribution is 2.44. The van der Waals surface area contributed by atoms with Crippen molar-refractivity contribution in [1.29, 1.82) is 0 Å². The van der Waals surface area contributed by atoms with Gasteiger partial charge in [0.15, 0.2) is 0 Å².